The van der Waals surface area contributed by atoms with Crippen molar-refractivity contribution in [2.75, 3.05) is 7.11 Å². The summed E-state index contributed by atoms with van der Waals surface area (Å²) in [5, 5.41) is 2.13. The third kappa shape index (κ3) is 6.58. The number of para-hydroxylation sites is 1. The van der Waals surface area contributed by atoms with Crippen LogP contribution in [0.3, 0.4) is 0 Å². The van der Waals surface area contributed by atoms with E-state index in [1.54, 1.807) is 31.4 Å². The molecule has 1 saturated carbocycles. The minimum atomic E-state index is -0.0330. The summed E-state index contributed by atoms with van der Waals surface area (Å²) in [6.45, 7) is 0.191. The summed E-state index contributed by atoms with van der Waals surface area (Å²) in [6.07, 6.45) is 7.24. The van der Waals surface area contributed by atoms with E-state index in [1.807, 2.05) is 47.4 Å². The smallest absolute Gasteiger partial charge is 0.267 e. The first-order valence-corrected chi connectivity index (χ1v) is 14.7. The first-order chi connectivity index (χ1) is 18.9. The summed E-state index contributed by atoms with van der Waals surface area (Å²) in [7, 11) is 1.55. The monoisotopic (exact) mass is 600 g/mol. The molecule has 0 bridgehead atoms. The number of carbonyl (C=O) groups is 1. The van der Waals surface area contributed by atoms with Crippen molar-refractivity contribution in [3.63, 3.8) is 0 Å². The van der Waals surface area contributed by atoms with E-state index in [1.165, 1.54) is 18.2 Å². The van der Waals surface area contributed by atoms with Gasteiger partial charge in [0, 0.05) is 21.7 Å². The summed E-state index contributed by atoms with van der Waals surface area (Å²) in [5.41, 5.74) is 2.32. The van der Waals surface area contributed by atoms with Crippen LogP contribution in [0.5, 0.6) is 11.5 Å². The van der Waals surface area contributed by atoms with Crippen molar-refractivity contribution in [2.45, 2.75) is 44.8 Å². The SMILES string of the molecule is COc1cc(/C=C2\SC(=Nc3ccccc3)N(C3CCCCC3)C2=O)cc(Cl)c1OCc1ccc(Cl)cc1Cl. The number of halogens is 3. The summed E-state index contributed by atoms with van der Waals surface area (Å²) in [4.78, 5) is 21.0. The molecule has 2 fully saturated rings. The molecule has 1 saturated heterocycles. The van der Waals surface area contributed by atoms with Gasteiger partial charge in [-0.1, -0.05) is 78.3 Å². The van der Waals surface area contributed by atoms with E-state index in [-0.39, 0.29) is 18.6 Å². The molecule has 2 aliphatic rings. The lowest BCUT2D eigenvalue weighted by Gasteiger charge is -2.30. The summed E-state index contributed by atoms with van der Waals surface area (Å²) >= 11 is 20.3. The topological polar surface area (TPSA) is 51.1 Å². The highest BCUT2D eigenvalue weighted by atomic mass is 35.5. The molecule has 5 nitrogen and oxygen atoms in total. The van der Waals surface area contributed by atoms with Crippen LogP contribution in [0.25, 0.3) is 6.08 Å². The van der Waals surface area contributed by atoms with Gasteiger partial charge in [-0.2, -0.15) is 0 Å². The lowest BCUT2D eigenvalue weighted by atomic mass is 9.94. The van der Waals surface area contributed by atoms with Crippen LogP contribution in [0.4, 0.5) is 5.69 Å². The van der Waals surface area contributed by atoms with Crippen molar-refractivity contribution in [2.24, 2.45) is 4.99 Å². The van der Waals surface area contributed by atoms with Gasteiger partial charge < -0.3 is 9.47 Å². The van der Waals surface area contributed by atoms with E-state index in [4.69, 9.17) is 49.3 Å². The first-order valence-electron chi connectivity index (χ1n) is 12.7. The van der Waals surface area contributed by atoms with Gasteiger partial charge in [0.15, 0.2) is 16.7 Å². The first kappa shape index (κ1) is 27.9. The Balaban J connectivity index is 1.43. The molecule has 0 radical (unpaired) electrons. The molecule has 1 heterocycles. The number of nitrogens with zero attached hydrogens (tertiary/aromatic N) is 2. The van der Waals surface area contributed by atoms with Gasteiger partial charge in [0.05, 0.1) is 22.7 Å². The highest BCUT2D eigenvalue weighted by Gasteiger charge is 2.38. The number of carbonyl (C=O) groups excluding carboxylic acids is 1. The molecule has 9 heteroatoms. The third-order valence-electron chi connectivity index (χ3n) is 6.69. The third-order valence-corrected chi connectivity index (χ3v) is 8.54. The van der Waals surface area contributed by atoms with Crippen molar-refractivity contribution in [1.29, 1.82) is 0 Å². The van der Waals surface area contributed by atoms with Crippen LogP contribution in [-0.2, 0) is 11.4 Å². The Labute approximate surface area is 247 Å². The molecule has 1 aliphatic carbocycles. The van der Waals surface area contributed by atoms with E-state index in [2.05, 4.69) is 0 Å². The van der Waals surface area contributed by atoms with Gasteiger partial charge in [0.1, 0.15) is 6.61 Å². The van der Waals surface area contributed by atoms with Crippen LogP contribution >= 0.6 is 46.6 Å². The Bertz CT molecular complexity index is 1420. The second-order valence-corrected chi connectivity index (χ2v) is 11.6. The number of amidine groups is 1. The summed E-state index contributed by atoms with van der Waals surface area (Å²) < 4.78 is 11.6. The standard InChI is InChI=1S/C30H27Cl3N2O3S/c1-37-26-15-19(14-25(33)28(26)38-18-20-12-13-21(31)17-24(20)32)16-27-29(36)35(23-10-6-3-7-11-23)30(39-27)34-22-8-4-2-5-9-22/h2,4-5,8-9,12-17,23H,3,6-7,10-11,18H2,1H3/b27-16-,34-30?. The molecule has 5 rings (SSSR count). The lowest BCUT2D eigenvalue weighted by Crippen LogP contribution is -2.40. The molecular weight excluding hydrogens is 575 g/mol. The average Bonchev–Trinajstić information content (AvgIpc) is 3.23. The molecule has 3 aromatic carbocycles. The van der Waals surface area contributed by atoms with Crippen molar-refractivity contribution in [3.05, 3.63) is 91.8 Å². The van der Waals surface area contributed by atoms with E-state index in [9.17, 15) is 4.79 Å². The Morgan fingerprint density at radius 2 is 1.77 bits per heavy atom. The zero-order valence-corrected chi connectivity index (χ0v) is 24.4. The van der Waals surface area contributed by atoms with Crippen molar-refractivity contribution in [1.82, 2.24) is 4.90 Å². The fraction of sp³-hybridized carbons (Fsp3) is 0.267. The quantitative estimate of drug-likeness (QED) is 0.253. The Hall–Kier alpha value is -2.64. The molecule has 1 amide bonds. The molecule has 0 spiro atoms. The fourth-order valence-corrected chi connectivity index (χ4v) is 6.54. The van der Waals surface area contributed by atoms with Gasteiger partial charge in [-0.25, -0.2) is 4.99 Å². The normalized spacial score (nSPS) is 18.3. The predicted octanol–water partition coefficient (Wildman–Crippen LogP) is 9.17. The van der Waals surface area contributed by atoms with Crippen LogP contribution in [0.2, 0.25) is 15.1 Å². The minimum absolute atomic E-state index is 0.0330. The minimum Gasteiger partial charge on any atom is -0.493 e. The van der Waals surface area contributed by atoms with Crippen LogP contribution in [-0.4, -0.2) is 29.1 Å². The molecule has 0 N–H and O–H groups in total. The Kier molecular flexibility index (Phi) is 9.08. The highest BCUT2D eigenvalue weighted by molar-refractivity contribution is 8.18. The van der Waals surface area contributed by atoms with Crippen LogP contribution in [0, 0.1) is 0 Å². The second-order valence-electron chi connectivity index (χ2n) is 9.37. The largest absolute Gasteiger partial charge is 0.493 e. The number of methoxy groups -OCH3 is 1. The maximum atomic E-state index is 13.7. The van der Waals surface area contributed by atoms with Gasteiger partial charge in [-0.15, -0.1) is 0 Å². The molecule has 0 aromatic heterocycles. The van der Waals surface area contributed by atoms with Crippen LogP contribution in [0.15, 0.2) is 70.6 Å². The van der Waals surface area contributed by atoms with Gasteiger partial charge in [-0.3, -0.25) is 9.69 Å². The summed E-state index contributed by atoms with van der Waals surface area (Å²) in [5.74, 6) is 0.819. The zero-order chi connectivity index (χ0) is 27.4. The predicted molar refractivity (Wildman–Crippen MR) is 162 cm³/mol. The number of ether oxygens (including phenoxy) is 2. The van der Waals surface area contributed by atoms with Gasteiger partial charge in [0.25, 0.3) is 5.91 Å². The van der Waals surface area contributed by atoms with E-state index >= 15 is 0 Å². The van der Waals surface area contributed by atoms with Crippen molar-refractivity contribution < 1.29 is 14.3 Å². The fourth-order valence-electron chi connectivity index (χ4n) is 4.74. The number of amides is 1. The van der Waals surface area contributed by atoms with E-state index in [0.29, 0.717) is 36.6 Å². The summed E-state index contributed by atoms with van der Waals surface area (Å²) in [6, 6.07) is 18.7. The zero-order valence-electron chi connectivity index (χ0n) is 21.3. The number of hydrogen-bond acceptors (Lipinski definition) is 5. The molecule has 0 unspecified atom stereocenters. The van der Waals surface area contributed by atoms with E-state index < -0.39 is 0 Å². The molecule has 3 aromatic rings. The lowest BCUT2D eigenvalue weighted by molar-refractivity contribution is -0.124. The number of hydrogen-bond donors (Lipinski definition) is 0. The molecule has 0 atom stereocenters. The Morgan fingerprint density at radius 3 is 2.49 bits per heavy atom. The number of benzene rings is 3. The van der Waals surface area contributed by atoms with Crippen LogP contribution in [0.1, 0.15) is 43.2 Å². The highest BCUT2D eigenvalue weighted by Crippen LogP contribution is 2.41. The Morgan fingerprint density at radius 1 is 1.00 bits per heavy atom. The van der Waals surface area contributed by atoms with Gasteiger partial charge in [-0.05, 0) is 72.6 Å². The second kappa shape index (κ2) is 12.7. The van der Waals surface area contributed by atoms with E-state index in [0.717, 1.165) is 42.5 Å². The van der Waals surface area contributed by atoms with Crippen molar-refractivity contribution in [3.8, 4) is 11.5 Å². The maximum absolute atomic E-state index is 13.7. The molecule has 202 valence electrons. The van der Waals surface area contributed by atoms with Gasteiger partial charge >= 0.3 is 0 Å². The number of rotatable bonds is 7. The molecule has 1 aliphatic heterocycles. The van der Waals surface area contributed by atoms with Crippen LogP contribution < -0.4 is 9.47 Å². The number of aliphatic imine (C=N–C) groups is 1. The average molecular weight is 602 g/mol. The maximum Gasteiger partial charge on any atom is 0.267 e. The van der Waals surface area contributed by atoms with Crippen molar-refractivity contribution >= 4 is 69.4 Å². The number of thioether (sulfide) groups is 1. The molecule has 39 heavy (non-hydrogen) atoms. The molecular formula is C30H27Cl3N2O3S. The van der Waals surface area contributed by atoms with Gasteiger partial charge in [0.2, 0.25) is 0 Å².